The molecule has 2 aliphatic rings. The average molecular weight is 1730 g/mol. The van der Waals surface area contributed by atoms with E-state index in [1.807, 2.05) is 12.1 Å². The molecule has 0 N–H and O–H groups in total. The molecule has 2 aliphatic heterocycles. The van der Waals surface area contributed by atoms with Crippen molar-refractivity contribution >= 4 is 108 Å². The highest BCUT2D eigenvalue weighted by atomic mass is 28.3. The molecular formula is C128H106BN3Si. The lowest BCUT2D eigenvalue weighted by molar-refractivity contribution is 0.590. The van der Waals surface area contributed by atoms with Crippen LogP contribution in [-0.4, -0.2) is 19.4 Å². The van der Waals surface area contributed by atoms with Crippen LogP contribution in [0.15, 0.2) is 443 Å². The van der Waals surface area contributed by atoms with Gasteiger partial charge in [-0.25, -0.2) is 0 Å². The van der Waals surface area contributed by atoms with Crippen molar-refractivity contribution in [1.29, 1.82) is 0 Å². The quantitative estimate of drug-likeness (QED) is 0.0706. The molecule has 0 radical (unpaired) electrons. The maximum atomic E-state index is 8.89. The van der Waals surface area contributed by atoms with Crippen LogP contribution in [0.2, 0.25) is 0 Å². The van der Waals surface area contributed by atoms with E-state index in [2.05, 4.69) is 483 Å². The Morgan fingerprint density at radius 2 is 0.541 bits per heavy atom. The van der Waals surface area contributed by atoms with Gasteiger partial charge in [-0.15, -0.1) is 0 Å². The van der Waals surface area contributed by atoms with Gasteiger partial charge in [-0.3, -0.25) is 0 Å². The molecule has 0 atom stereocenters. The van der Waals surface area contributed by atoms with Crippen LogP contribution >= 0.6 is 0 Å². The predicted octanol–water partition coefficient (Wildman–Crippen LogP) is 29.8. The smallest absolute Gasteiger partial charge is 0.252 e. The molecule has 0 saturated carbocycles. The molecule has 0 bridgehead atoms. The molecule has 0 unspecified atom stereocenters. The Labute approximate surface area is 793 Å². The fourth-order valence-electron chi connectivity index (χ4n) is 21.0. The minimum Gasteiger partial charge on any atom is -0.310 e. The summed E-state index contributed by atoms with van der Waals surface area (Å²) in [4.78, 5) is 5.35. The van der Waals surface area contributed by atoms with E-state index < -0.39 is 33.9 Å². The lowest BCUT2D eigenvalue weighted by Crippen LogP contribution is -2.74. The number of fused-ring (bicyclic) bond motifs is 7. The van der Waals surface area contributed by atoms with Crippen molar-refractivity contribution in [1.82, 2.24) is 4.57 Å². The third-order valence-electron chi connectivity index (χ3n) is 27.7. The molecule has 133 heavy (non-hydrogen) atoms. The van der Waals surface area contributed by atoms with Gasteiger partial charge in [0, 0.05) is 69.7 Å². The van der Waals surface area contributed by atoms with Gasteiger partial charge in [-0.1, -0.05) is 413 Å². The molecule has 640 valence electrons. The highest BCUT2D eigenvalue weighted by Gasteiger charge is 2.48. The average Bonchev–Trinajstić information content (AvgIpc) is 0.958. The number of aryl methyl sites for hydroxylation is 2. The number of anilines is 6. The van der Waals surface area contributed by atoms with Gasteiger partial charge >= 0.3 is 0 Å². The van der Waals surface area contributed by atoms with Crippen LogP contribution in [0.5, 0.6) is 0 Å². The third kappa shape index (κ3) is 15.0. The second-order valence-electron chi connectivity index (χ2n) is 39.2. The first-order valence-corrected chi connectivity index (χ1v) is 48.5. The number of aromatic nitrogens is 1. The molecule has 22 rings (SSSR count). The van der Waals surface area contributed by atoms with Crippen molar-refractivity contribution in [3.05, 3.63) is 471 Å². The van der Waals surface area contributed by atoms with Crippen molar-refractivity contribution in [2.24, 2.45) is 0 Å². The SMILES string of the molecule is [2H]C([2H])([2H])c1ccc2c(c1)c1cc(C([2H])([2H])[2H])ccc1n2-c1ccc2c(c1)N(c1c(-c3cccc(-c4ccccc4)c3)cc(C(C)(C)C)cc1-c1cccc(-c3ccccc3)c1)c1cc(C(C)(C)C)cc3c1B2c1cc(-c2ccc([Si](c4ccccc4)(c4ccccc4)c4ccccc4)cc2)ccc1N3c1c(-c2cccc(-c3ccccc3)c2)cc(C(C)(C)C)cc1-c1cccc(-c2ccccc2)c1. The molecule has 19 aromatic carbocycles. The standard InChI is InChI=1S/C128H106BN3Si/c1-85-59-68-117-113(71-85)114-72-86(2)60-69-118(114)130(117)104-64-67-115-120(84-104)132(125-111(99-51-35-47-94(75-99)89-41-23-14-24-42-89)80-102(127(6,7)8)81-112(125)100-52-36-48-95(76-100)90-43-25-15-26-44-90)122-83-103(128(9,10)11)82-121-123(122)129(115)116-77-96(91-61-65-108(66-62-91)133(105-53-27-16-28-54-105,106-55-29-17-30-56-106)107-57-31-18-32-58-107)63-70-119(116)131(121)124-109(97-49-33-45-92(73-97)87-37-19-12-20-38-87)78-101(126(3,4)5)79-110(124)98-50-34-46-93(74-98)88-39-21-13-22-40-88/h12-84H,1-11H3/i1D3,2D3. The van der Waals surface area contributed by atoms with E-state index >= 15 is 0 Å². The second kappa shape index (κ2) is 33.4. The van der Waals surface area contributed by atoms with E-state index in [1.54, 1.807) is 24.3 Å². The Morgan fingerprint density at radius 1 is 0.233 bits per heavy atom. The Hall–Kier alpha value is -15.1. The number of nitrogens with zero attached hydrogens (tertiary/aromatic N) is 3. The van der Waals surface area contributed by atoms with Crippen LogP contribution in [0.4, 0.5) is 34.1 Å². The number of benzene rings is 19. The molecule has 0 aliphatic carbocycles. The van der Waals surface area contributed by atoms with Gasteiger partial charge in [0.1, 0.15) is 0 Å². The van der Waals surface area contributed by atoms with Gasteiger partial charge in [0.25, 0.3) is 6.71 Å². The molecular weight excluding hydrogens is 1620 g/mol. The van der Waals surface area contributed by atoms with Crippen LogP contribution < -0.4 is 46.9 Å². The number of hydrogen-bond acceptors (Lipinski definition) is 2. The van der Waals surface area contributed by atoms with E-state index in [1.165, 1.54) is 26.3 Å². The second-order valence-corrected chi connectivity index (χ2v) is 43.0. The van der Waals surface area contributed by atoms with E-state index in [9.17, 15) is 0 Å². The first-order valence-electron chi connectivity index (χ1n) is 49.5. The maximum absolute atomic E-state index is 8.89. The Kier molecular flexibility index (Phi) is 19.2. The summed E-state index contributed by atoms with van der Waals surface area (Å²) >= 11 is 0. The fraction of sp³-hybridized carbons (Fsp3) is 0.109. The van der Waals surface area contributed by atoms with Gasteiger partial charge < -0.3 is 14.4 Å². The zero-order chi connectivity index (χ0) is 95.6. The molecule has 0 amide bonds. The van der Waals surface area contributed by atoms with E-state index in [4.69, 9.17) is 8.22 Å². The zero-order valence-electron chi connectivity index (χ0n) is 82.6. The molecule has 0 spiro atoms. The maximum Gasteiger partial charge on any atom is 0.252 e. The van der Waals surface area contributed by atoms with Crippen molar-refractivity contribution in [2.75, 3.05) is 9.80 Å². The van der Waals surface area contributed by atoms with Crippen LogP contribution in [0.1, 0.15) is 98.4 Å². The minimum atomic E-state index is -3.01. The summed E-state index contributed by atoms with van der Waals surface area (Å²) in [5.41, 5.74) is 33.4. The lowest BCUT2D eigenvalue weighted by atomic mass is 9.33. The van der Waals surface area contributed by atoms with E-state index in [0.717, 1.165) is 179 Å². The van der Waals surface area contributed by atoms with Crippen molar-refractivity contribution in [3.63, 3.8) is 0 Å². The predicted molar refractivity (Wildman–Crippen MR) is 573 cm³/mol. The fourth-order valence-corrected chi connectivity index (χ4v) is 25.7. The van der Waals surface area contributed by atoms with Crippen LogP contribution in [0.25, 0.3) is 128 Å². The van der Waals surface area contributed by atoms with E-state index in [0.29, 0.717) is 10.8 Å². The van der Waals surface area contributed by atoms with E-state index in [-0.39, 0.29) is 22.0 Å². The summed E-state index contributed by atoms with van der Waals surface area (Å²) < 4.78 is 55.6. The third-order valence-corrected chi connectivity index (χ3v) is 32.5. The van der Waals surface area contributed by atoms with Gasteiger partial charge in [-0.2, -0.15) is 0 Å². The van der Waals surface area contributed by atoms with Crippen LogP contribution in [0, 0.1) is 13.7 Å². The highest BCUT2D eigenvalue weighted by molar-refractivity contribution is 7.20. The number of hydrogen-bond donors (Lipinski definition) is 0. The van der Waals surface area contributed by atoms with Crippen LogP contribution in [-0.2, 0) is 16.2 Å². The summed E-state index contributed by atoms with van der Waals surface area (Å²) in [5, 5.41) is 6.44. The molecule has 0 fully saturated rings. The Balaban J connectivity index is 0.911. The first kappa shape index (κ1) is 76.7. The van der Waals surface area contributed by atoms with Gasteiger partial charge in [-0.05, 0) is 265 Å². The monoisotopic (exact) mass is 1730 g/mol. The summed E-state index contributed by atoms with van der Waals surface area (Å²) in [6, 6.07) is 163. The molecule has 0 saturated heterocycles. The van der Waals surface area contributed by atoms with Gasteiger partial charge in [0.15, 0.2) is 8.07 Å². The Bertz CT molecular complexity index is 7740. The van der Waals surface area contributed by atoms with Crippen molar-refractivity contribution in [2.45, 2.75) is 92.3 Å². The van der Waals surface area contributed by atoms with Crippen molar-refractivity contribution < 1.29 is 8.22 Å². The van der Waals surface area contributed by atoms with Gasteiger partial charge in [0.05, 0.1) is 22.4 Å². The Morgan fingerprint density at radius 3 is 0.902 bits per heavy atom. The summed E-state index contributed by atoms with van der Waals surface area (Å²) in [6.45, 7) is 15.7. The topological polar surface area (TPSA) is 11.4 Å². The normalized spacial score (nSPS) is 13.4. The van der Waals surface area contributed by atoms with Gasteiger partial charge in [0.2, 0.25) is 0 Å². The lowest BCUT2D eigenvalue weighted by Gasteiger charge is -2.47. The molecule has 20 aromatic rings. The summed E-state index contributed by atoms with van der Waals surface area (Å²) in [6.07, 6.45) is 0. The van der Waals surface area contributed by atoms with Crippen LogP contribution in [0.3, 0.4) is 0 Å². The first-order chi connectivity index (χ1) is 67.1. The zero-order valence-corrected chi connectivity index (χ0v) is 77.6. The minimum absolute atomic E-state index is 0.163. The summed E-state index contributed by atoms with van der Waals surface area (Å²) in [5.74, 6) is 0. The highest BCUT2D eigenvalue weighted by Crippen LogP contribution is 2.57. The molecule has 3 nitrogen and oxygen atoms in total. The molecule has 5 heteroatoms. The molecule has 3 heterocycles. The largest absolute Gasteiger partial charge is 0.310 e. The summed E-state index contributed by atoms with van der Waals surface area (Å²) in [7, 11) is -3.01. The molecule has 1 aromatic heterocycles. The van der Waals surface area contributed by atoms with Crippen molar-refractivity contribution in [3.8, 4) is 106 Å². The number of rotatable bonds is 16.